The molecule has 2 aromatic carbocycles. The lowest BCUT2D eigenvalue weighted by Crippen LogP contribution is -2.54. The molecule has 3 fully saturated rings. The Kier molecular flexibility index (Phi) is 11.5. The normalized spacial score (nSPS) is 26.8. The minimum Gasteiger partial charge on any atom is -0.497 e. The van der Waals surface area contributed by atoms with Gasteiger partial charge >= 0.3 is 5.97 Å². The summed E-state index contributed by atoms with van der Waals surface area (Å²) in [6.45, 7) is 3.53. The zero-order valence-electron chi connectivity index (χ0n) is 31.5. The number of likely N-dealkylation sites (tertiary alicyclic amines) is 1. The second-order valence-electron chi connectivity index (χ2n) is 15.1. The van der Waals surface area contributed by atoms with E-state index in [1.807, 2.05) is 65.6 Å². The van der Waals surface area contributed by atoms with Crippen molar-refractivity contribution in [1.82, 2.24) is 20.1 Å². The average Bonchev–Trinajstić information content (AvgIpc) is 3.73. The van der Waals surface area contributed by atoms with Gasteiger partial charge in [-0.3, -0.25) is 14.4 Å². The molecule has 1 unspecified atom stereocenters. The molecular formula is C43H52N4O7. The molecule has 54 heavy (non-hydrogen) atoms. The summed E-state index contributed by atoms with van der Waals surface area (Å²) < 4.78 is 17.8. The molecule has 1 aromatic heterocycles. The van der Waals surface area contributed by atoms with Crippen molar-refractivity contribution in [3.05, 3.63) is 66.7 Å². The number of carbonyl (C=O) groups is 4. The van der Waals surface area contributed by atoms with Gasteiger partial charge in [0.15, 0.2) is 0 Å². The van der Waals surface area contributed by atoms with E-state index in [1.165, 1.54) is 0 Å². The summed E-state index contributed by atoms with van der Waals surface area (Å²) in [4.78, 5) is 64.6. The Morgan fingerprint density at radius 2 is 1.78 bits per heavy atom. The fourth-order valence-corrected chi connectivity index (χ4v) is 8.35. The molecule has 7 rings (SSSR count). The highest BCUT2D eigenvalue weighted by Gasteiger charge is 2.62. The number of fused-ring (bicyclic) bond motifs is 3. The van der Waals surface area contributed by atoms with Crippen LogP contribution < -0.4 is 14.8 Å². The highest BCUT2D eigenvalue weighted by atomic mass is 16.5. The molecular weight excluding hydrogens is 684 g/mol. The maximum atomic E-state index is 14.7. The number of benzene rings is 2. The summed E-state index contributed by atoms with van der Waals surface area (Å²) >= 11 is 0. The molecule has 3 amide bonds. The molecule has 3 aromatic rings. The number of nitrogens with one attached hydrogen (secondary N) is 1. The Labute approximate surface area is 317 Å². The highest BCUT2D eigenvalue weighted by molar-refractivity contribution is 5.96. The van der Waals surface area contributed by atoms with Crippen LogP contribution in [-0.4, -0.2) is 89.5 Å². The van der Waals surface area contributed by atoms with Crippen LogP contribution in [0.2, 0.25) is 0 Å². The number of ether oxygens (including phenoxy) is 3. The second-order valence-corrected chi connectivity index (χ2v) is 15.1. The number of amides is 3. The topological polar surface area (TPSA) is 127 Å². The van der Waals surface area contributed by atoms with Crippen molar-refractivity contribution < 1.29 is 33.4 Å². The quantitative estimate of drug-likeness (QED) is 0.213. The van der Waals surface area contributed by atoms with Crippen LogP contribution in [0.4, 0.5) is 0 Å². The molecule has 0 bridgehead atoms. The van der Waals surface area contributed by atoms with Crippen molar-refractivity contribution in [2.45, 2.75) is 95.2 Å². The van der Waals surface area contributed by atoms with Crippen molar-refractivity contribution in [3.8, 4) is 22.8 Å². The molecule has 1 aliphatic carbocycles. The summed E-state index contributed by atoms with van der Waals surface area (Å²) in [5, 5.41) is 3.84. The fourth-order valence-electron chi connectivity index (χ4n) is 8.35. The lowest BCUT2D eigenvalue weighted by molar-refractivity contribution is -0.150. The Hall–Kier alpha value is -4.93. The van der Waals surface area contributed by atoms with Gasteiger partial charge in [0.2, 0.25) is 17.7 Å². The molecule has 2 saturated heterocycles. The number of aromatic nitrogens is 1. The molecule has 4 aliphatic rings. The van der Waals surface area contributed by atoms with Gasteiger partial charge in [-0.25, -0.2) is 9.78 Å². The van der Waals surface area contributed by atoms with E-state index in [9.17, 15) is 19.2 Å². The average molecular weight is 737 g/mol. The summed E-state index contributed by atoms with van der Waals surface area (Å²) in [6, 6.07) is 16.5. The zero-order valence-corrected chi connectivity index (χ0v) is 31.5. The SMILES string of the molecule is CCOC(=O)[C@]12CC1/C=C\CCCCC[C@H](CC(=O)N1CCCCC1)C(=O)N1C[C@H](Oc3cc(-c4ccccc4)nc4cc(OC)ccc34)C[C@H]1C(=O)N2. The highest BCUT2D eigenvalue weighted by Crippen LogP contribution is 2.46. The van der Waals surface area contributed by atoms with Crippen LogP contribution in [0.3, 0.4) is 0 Å². The summed E-state index contributed by atoms with van der Waals surface area (Å²) in [5.41, 5.74) is 1.15. The van der Waals surface area contributed by atoms with E-state index in [0.717, 1.165) is 55.9 Å². The number of esters is 1. The van der Waals surface area contributed by atoms with Crippen molar-refractivity contribution >= 4 is 34.6 Å². The minimum absolute atomic E-state index is 0.00360. The molecule has 3 aliphatic heterocycles. The first-order valence-corrected chi connectivity index (χ1v) is 19.7. The Balaban J connectivity index is 1.22. The number of rotatable bonds is 8. The van der Waals surface area contributed by atoms with E-state index >= 15 is 0 Å². The van der Waals surface area contributed by atoms with Crippen LogP contribution in [-0.2, 0) is 23.9 Å². The number of carbonyl (C=O) groups excluding carboxylic acids is 4. The van der Waals surface area contributed by atoms with E-state index in [4.69, 9.17) is 19.2 Å². The van der Waals surface area contributed by atoms with Gasteiger partial charge in [-0.15, -0.1) is 0 Å². The molecule has 0 spiro atoms. The lowest BCUT2D eigenvalue weighted by Gasteiger charge is -2.31. The summed E-state index contributed by atoms with van der Waals surface area (Å²) in [7, 11) is 1.61. The van der Waals surface area contributed by atoms with Gasteiger partial charge in [0.1, 0.15) is 29.2 Å². The number of pyridine rings is 1. The number of hydrogen-bond donors (Lipinski definition) is 1. The minimum atomic E-state index is -1.17. The van der Waals surface area contributed by atoms with E-state index < -0.39 is 35.5 Å². The molecule has 1 saturated carbocycles. The summed E-state index contributed by atoms with van der Waals surface area (Å²) in [6.07, 6.45) is 11.4. The first-order chi connectivity index (χ1) is 26.3. The standard InChI is InChI=1S/C43H52N4O7/c1-3-53-42(51)43-27-31(43)18-12-6-4-5-9-17-30(23-39(48)46-21-13-8-14-22-46)41(50)47-28-33(25-37(47)40(49)45-43)54-38-26-35(29-15-10-7-11-16-29)44-36-24-32(52-2)19-20-34(36)38/h7,10-12,15-16,18-20,24,26,30-31,33,37H,3-6,8-9,13-14,17,21-23,25,27-28H2,1-2H3,(H,45,49)/b18-12-/t30-,31?,33-,37+,43+/m1/s1. The van der Waals surface area contributed by atoms with Crippen LogP contribution in [0.15, 0.2) is 66.7 Å². The van der Waals surface area contributed by atoms with Crippen molar-refractivity contribution in [3.63, 3.8) is 0 Å². The van der Waals surface area contributed by atoms with Gasteiger partial charge in [0.25, 0.3) is 0 Å². The third-order valence-corrected chi connectivity index (χ3v) is 11.5. The number of methoxy groups -OCH3 is 1. The first-order valence-electron chi connectivity index (χ1n) is 19.7. The van der Waals surface area contributed by atoms with Crippen molar-refractivity contribution in [1.29, 1.82) is 0 Å². The fraction of sp³-hybridized carbons (Fsp3) is 0.512. The van der Waals surface area contributed by atoms with E-state index in [1.54, 1.807) is 18.9 Å². The van der Waals surface area contributed by atoms with E-state index in [-0.39, 0.29) is 43.7 Å². The zero-order chi connectivity index (χ0) is 37.7. The van der Waals surface area contributed by atoms with Gasteiger partial charge < -0.3 is 29.3 Å². The number of nitrogens with zero attached hydrogens (tertiary/aromatic N) is 3. The van der Waals surface area contributed by atoms with Crippen LogP contribution in [0.5, 0.6) is 11.5 Å². The predicted octanol–water partition coefficient (Wildman–Crippen LogP) is 6.24. The van der Waals surface area contributed by atoms with Gasteiger partial charge in [-0.05, 0) is 64.0 Å². The van der Waals surface area contributed by atoms with Crippen LogP contribution in [0.1, 0.15) is 77.6 Å². The monoisotopic (exact) mass is 736 g/mol. The van der Waals surface area contributed by atoms with Crippen molar-refractivity contribution in [2.24, 2.45) is 11.8 Å². The number of allylic oxidation sites excluding steroid dienone is 1. The number of hydrogen-bond acceptors (Lipinski definition) is 8. The van der Waals surface area contributed by atoms with Crippen LogP contribution >= 0.6 is 0 Å². The van der Waals surface area contributed by atoms with Crippen LogP contribution in [0.25, 0.3) is 22.2 Å². The maximum absolute atomic E-state index is 14.7. The summed E-state index contributed by atoms with van der Waals surface area (Å²) in [5.74, 6) is -0.608. The third-order valence-electron chi connectivity index (χ3n) is 11.5. The van der Waals surface area contributed by atoms with Gasteiger partial charge in [-0.1, -0.05) is 55.3 Å². The first kappa shape index (κ1) is 37.4. The third kappa shape index (κ3) is 8.10. The largest absolute Gasteiger partial charge is 0.497 e. The molecule has 11 nitrogen and oxygen atoms in total. The van der Waals surface area contributed by atoms with E-state index in [2.05, 4.69) is 11.4 Å². The van der Waals surface area contributed by atoms with Crippen LogP contribution in [0, 0.1) is 11.8 Å². The van der Waals surface area contributed by atoms with Gasteiger partial charge in [0.05, 0.1) is 31.5 Å². The maximum Gasteiger partial charge on any atom is 0.332 e. The van der Waals surface area contributed by atoms with E-state index in [0.29, 0.717) is 48.6 Å². The predicted molar refractivity (Wildman–Crippen MR) is 205 cm³/mol. The molecule has 0 radical (unpaired) electrons. The van der Waals surface area contributed by atoms with Gasteiger partial charge in [-0.2, -0.15) is 0 Å². The Bertz CT molecular complexity index is 1880. The lowest BCUT2D eigenvalue weighted by atomic mass is 9.94. The second kappa shape index (κ2) is 16.6. The Morgan fingerprint density at radius 1 is 0.981 bits per heavy atom. The van der Waals surface area contributed by atoms with Crippen molar-refractivity contribution in [2.75, 3.05) is 33.4 Å². The Morgan fingerprint density at radius 3 is 2.56 bits per heavy atom. The molecule has 5 atom stereocenters. The molecule has 11 heteroatoms. The van der Waals surface area contributed by atoms with Gasteiger partial charge in [0, 0.05) is 60.8 Å². The molecule has 286 valence electrons. The molecule has 1 N–H and O–H groups in total. The molecule has 4 heterocycles. The smallest absolute Gasteiger partial charge is 0.332 e. The number of piperidine rings is 1.